The number of carbonyl (C=O) groups excluding carboxylic acids is 1. The van der Waals surface area contributed by atoms with Crippen LogP contribution < -0.4 is 0 Å². The van der Waals surface area contributed by atoms with Crippen molar-refractivity contribution in [1.82, 2.24) is 0 Å². The Balaban J connectivity index is 1.51. The molecule has 23 heavy (non-hydrogen) atoms. The largest absolute Gasteiger partial charge is 0.396 e. The molecular weight excluding hydrogens is 284 g/mol. The van der Waals surface area contributed by atoms with Crippen LogP contribution in [-0.4, -0.2) is 17.5 Å². The normalized spacial score (nSPS) is 57.0. The van der Waals surface area contributed by atoms with Gasteiger partial charge in [-0.3, -0.25) is 4.79 Å². The summed E-state index contributed by atoms with van der Waals surface area (Å²) in [4.78, 5) is 11.8. The van der Waals surface area contributed by atoms with Crippen molar-refractivity contribution in [1.29, 1.82) is 0 Å². The highest BCUT2D eigenvalue weighted by atomic mass is 16.3. The molecule has 0 saturated heterocycles. The van der Waals surface area contributed by atoms with Crippen molar-refractivity contribution in [2.45, 2.75) is 58.8 Å². The van der Waals surface area contributed by atoms with Gasteiger partial charge in [0.05, 0.1) is 0 Å². The quantitative estimate of drug-likeness (QED) is 0.795. The average Bonchev–Trinajstić information content (AvgIpc) is 3.19. The molecule has 4 fully saturated rings. The van der Waals surface area contributed by atoms with E-state index < -0.39 is 0 Å². The molecule has 5 aliphatic carbocycles. The highest BCUT2D eigenvalue weighted by Gasteiger charge is 2.74. The highest BCUT2D eigenvalue weighted by Crippen LogP contribution is 2.79. The smallest absolute Gasteiger partial charge is 0.155 e. The van der Waals surface area contributed by atoms with E-state index in [2.05, 4.69) is 13.8 Å². The molecule has 0 heterocycles. The maximum absolute atomic E-state index is 11.8. The van der Waals surface area contributed by atoms with Crippen molar-refractivity contribution in [2.24, 2.45) is 46.3 Å². The van der Waals surface area contributed by atoms with Gasteiger partial charge in [-0.15, -0.1) is 0 Å². The third kappa shape index (κ3) is 1.67. The number of hydrogen-bond acceptors (Lipinski definition) is 2. The van der Waals surface area contributed by atoms with E-state index in [4.69, 9.17) is 0 Å². The first-order valence-electron chi connectivity index (χ1n) is 9.84. The van der Waals surface area contributed by atoms with Gasteiger partial charge in [0.25, 0.3) is 0 Å². The van der Waals surface area contributed by atoms with Crippen LogP contribution in [0.1, 0.15) is 58.8 Å². The first kappa shape index (κ1) is 14.7. The van der Waals surface area contributed by atoms with Gasteiger partial charge in [-0.2, -0.15) is 0 Å². The molecule has 5 rings (SSSR count). The summed E-state index contributed by atoms with van der Waals surface area (Å²) in [7, 11) is 0. The average molecular weight is 314 g/mol. The Labute approximate surface area is 139 Å². The molecule has 0 radical (unpaired) electrons. The lowest BCUT2D eigenvalue weighted by molar-refractivity contribution is -0.116. The number of aliphatic hydroxyl groups is 1. The van der Waals surface area contributed by atoms with Gasteiger partial charge in [0, 0.05) is 18.4 Å². The van der Waals surface area contributed by atoms with Gasteiger partial charge in [0.1, 0.15) is 0 Å². The molecule has 0 amide bonds. The zero-order valence-corrected chi connectivity index (χ0v) is 14.6. The van der Waals surface area contributed by atoms with Crippen LogP contribution in [0.4, 0.5) is 0 Å². The summed E-state index contributed by atoms with van der Waals surface area (Å²) in [6, 6.07) is 0. The Morgan fingerprint density at radius 1 is 1.35 bits per heavy atom. The van der Waals surface area contributed by atoms with Crippen LogP contribution in [0.3, 0.4) is 0 Å². The molecule has 0 unspecified atom stereocenters. The Morgan fingerprint density at radius 3 is 2.96 bits per heavy atom. The van der Waals surface area contributed by atoms with Crippen LogP contribution in [0.2, 0.25) is 0 Å². The Morgan fingerprint density at radius 2 is 2.17 bits per heavy atom. The predicted molar refractivity (Wildman–Crippen MR) is 89.6 cm³/mol. The van der Waals surface area contributed by atoms with E-state index >= 15 is 0 Å². The van der Waals surface area contributed by atoms with E-state index in [-0.39, 0.29) is 5.41 Å². The second-order valence-corrected chi connectivity index (χ2v) is 9.77. The SMILES string of the molecule is C[C@@H]1CC2=CC(=O)CC[C@@H]2[C@H]2CC[C@]3(C)[C@H](C[C@@H]4C[C@@]43CO)[C@@H]21. The summed E-state index contributed by atoms with van der Waals surface area (Å²) in [5, 5.41) is 10.1. The maximum Gasteiger partial charge on any atom is 0.155 e. The number of hydrogen-bond donors (Lipinski definition) is 1. The molecule has 0 bridgehead atoms. The van der Waals surface area contributed by atoms with Crippen LogP contribution in [0.15, 0.2) is 11.6 Å². The zero-order chi connectivity index (χ0) is 16.0. The van der Waals surface area contributed by atoms with Gasteiger partial charge in [0.2, 0.25) is 0 Å². The molecule has 126 valence electrons. The fourth-order valence-electron chi connectivity index (χ4n) is 8.04. The number of carbonyl (C=O) groups is 1. The Hall–Kier alpha value is -0.630. The second-order valence-electron chi connectivity index (χ2n) is 9.77. The molecule has 0 aromatic carbocycles. The van der Waals surface area contributed by atoms with Crippen LogP contribution in [-0.2, 0) is 4.79 Å². The molecule has 0 aromatic rings. The van der Waals surface area contributed by atoms with Crippen molar-refractivity contribution in [3.05, 3.63) is 11.6 Å². The molecule has 0 aromatic heterocycles. The van der Waals surface area contributed by atoms with Crippen LogP contribution in [0.25, 0.3) is 0 Å². The van der Waals surface area contributed by atoms with Crippen molar-refractivity contribution in [3.8, 4) is 0 Å². The molecule has 8 atom stereocenters. The van der Waals surface area contributed by atoms with E-state index in [1.165, 1.54) is 31.3 Å². The lowest BCUT2D eigenvalue weighted by Crippen LogP contribution is -2.51. The zero-order valence-electron chi connectivity index (χ0n) is 14.6. The number of ketones is 1. The lowest BCUT2D eigenvalue weighted by Gasteiger charge is -2.57. The van der Waals surface area contributed by atoms with Crippen molar-refractivity contribution in [2.75, 3.05) is 6.61 Å². The molecule has 0 spiro atoms. The standard InChI is InChI=1S/C21H30O2/c1-12-7-13-8-15(23)3-4-16(13)17-5-6-20(2)18(19(12)17)9-14-10-21(14,20)11-22/h8,12,14,16-19,22H,3-7,9-11H2,1-2H3/t12-,14-,16+,17-,18-,19-,20-,21-/m1/s1. The van der Waals surface area contributed by atoms with Crippen LogP contribution >= 0.6 is 0 Å². The van der Waals surface area contributed by atoms with E-state index in [1.807, 2.05) is 6.08 Å². The summed E-state index contributed by atoms with van der Waals surface area (Å²) >= 11 is 0. The maximum atomic E-state index is 11.8. The van der Waals surface area contributed by atoms with Gasteiger partial charge in [-0.05, 0) is 85.5 Å². The van der Waals surface area contributed by atoms with E-state index in [0.717, 1.165) is 42.9 Å². The van der Waals surface area contributed by atoms with Crippen molar-refractivity contribution >= 4 is 5.78 Å². The summed E-state index contributed by atoms with van der Waals surface area (Å²) in [6.07, 6.45) is 10.3. The summed E-state index contributed by atoms with van der Waals surface area (Å²) in [6.45, 7) is 5.37. The summed E-state index contributed by atoms with van der Waals surface area (Å²) in [5.74, 6) is 5.04. The lowest BCUT2D eigenvalue weighted by atomic mass is 9.47. The third-order valence-electron chi connectivity index (χ3n) is 9.22. The van der Waals surface area contributed by atoms with E-state index in [0.29, 0.717) is 29.6 Å². The number of allylic oxidation sites excluding steroid dienone is 1. The van der Waals surface area contributed by atoms with Gasteiger partial charge in [-0.25, -0.2) is 0 Å². The van der Waals surface area contributed by atoms with Crippen molar-refractivity contribution in [3.63, 3.8) is 0 Å². The summed E-state index contributed by atoms with van der Waals surface area (Å²) in [5.41, 5.74) is 2.15. The minimum absolute atomic E-state index is 0.279. The minimum atomic E-state index is 0.279. The Kier molecular flexibility index (Phi) is 2.88. The molecule has 2 nitrogen and oxygen atoms in total. The summed E-state index contributed by atoms with van der Waals surface area (Å²) < 4.78 is 0. The number of fused-ring (bicyclic) bond motifs is 7. The van der Waals surface area contributed by atoms with Gasteiger partial charge < -0.3 is 5.11 Å². The second kappa shape index (κ2) is 4.50. The Bertz CT molecular complexity index is 589. The van der Waals surface area contributed by atoms with Crippen molar-refractivity contribution < 1.29 is 9.90 Å². The van der Waals surface area contributed by atoms with E-state index in [1.54, 1.807) is 0 Å². The molecule has 0 aliphatic heterocycles. The third-order valence-corrected chi connectivity index (χ3v) is 9.22. The molecule has 2 heteroatoms. The fourth-order valence-corrected chi connectivity index (χ4v) is 8.04. The van der Waals surface area contributed by atoms with Gasteiger partial charge in [0.15, 0.2) is 5.78 Å². The van der Waals surface area contributed by atoms with Gasteiger partial charge in [-0.1, -0.05) is 19.4 Å². The number of aliphatic hydroxyl groups excluding tert-OH is 1. The number of rotatable bonds is 1. The minimum Gasteiger partial charge on any atom is -0.396 e. The fraction of sp³-hybridized carbons (Fsp3) is 0.857. The first-order chi connectivity index (χ1) is 11.0. The van der Waals surface area contributed by atoms with Crippen LogP contribution in [0, 0.1) is 46.3 Å². The highest BCUT2D eigenvalue weighted by molar-refractivity contribution is 5.91. The van der Waals surface area contributed by atoms with Gasteiger partial charge >= 0.3 is 0 Å². The predicted octanol–water partition coefficient (Wildman–Crippen LogP) is 3.98. The molecule has 4 saturated carbocycles. The molecule has 5 aliphatic rings. The van der Waals surface area contributed by atoms with Crippen LogP contribution in [0.5, 0.6) is 0 Å². The van der Waals surface area contributed by atoms with E-state index in [9.17, 15) is 9.90 Å². The molecular formula is C21H30O2. The monoisotopic (exact) mass is 314 g/mol. The molecule has 1 N–H and O–H groups in total. The topological polar surface area (TPSA) is 37.3 Å². The first-order valence-corrected chi connectivity index (χ1v) is 9.84.